The monoisotopic (exact) mass is 401 g/mol. The van der Waals surface area contributed by atoms with Gasteiger partial charge in [-0.05, 0) is 35.4 Å². The molecule has 0 saturated carbocycles. The van der Waals surface area contributed by atoms with Crippen LogP contribution >= 0.6 is 11.3 Å². The molecule has 1 aromatic heterocycles. The molecular formula is C24H19NO3S. The second-order valence-corrected chi connectivity index (χ2v) is 7.62. The van der Waals surface area contributed by atoms with E-state index in [9.17, 15) is 9.59 Å². The number of anilines is 1. The summed E-state index contributed by atoms with van der Waals surface area (Å²) in [5, 5.41) is 4.17. The second kappa shape index (κ2) is 8.29. The minimum Gasteiger partial charge on any atom is -0.497 e. The quantitative estimate of drug-likeness (QED) is 0.505. The van der Waals surface area contributed by atoms with Crippen LogP contribution in [0.3, 0.4) is 0 Å². The maximum atomic E-state index is 13.3. The van der Waals surface area contributed by atoms with Gasteiger partial charge < -0.3 is 10.1 Å². The van der Waals surface area contributed by atoms with Crippen molar-refractivity contribution in [1.82, 2.24) is 0 Å². The van der Waals surface area contributed by atoms with Crippen molar-refractivity contribution in [3.8, 4) is 16.9 Å². The predicted octanol–water partition coefficient (Wildman–Crippen LogP) is 5.12. The zero-order valence-corrected chi connectivity index (χ0v) is 16.7. The van der Waals surface area contributed by atoms with Crippen molar-refractivity contribution < 1.29 is 9.53 Å². The molecule has 0 radical (unpaired) electrons. The van der Waals surface area contributed by atoms with Crippen molar-refractivity contribution in [3.05, 3.63) is 94.6 Å². The van der Waals surface area contributed by atoms with Crippen LogP contribution in [0.25, 0.3) is 21.2 Å². The molecule has 4 nitrogen and oxygen atoms in total. The summed E-state index contributed by atoms with van der Waals surface area (Å²) in [7, 11) is 1.60. The molecule has 4 aromatic rings. The van der Waals surface area contributed by atoms with Crippen molar-refractivity contribution in [2.75, 3.05) is 12.4 Å². The van der Waals surface area contributed by atoms with E-state index in [1.165, 1.54) is 11.3 Å². The molecule has 0 aliphatic rings. The summed E-state index contributed by atoms with van der Waals surface area (Å²) >= 11 is 1.41. The lowest BCUT2D eigenvalue weighted by molar-refractivity contribution is -0.115. The lowest BCUT2D eigenvalue weighted by Gasteiger charge is -2.12. The fourth-order valence-corrected chi connectivity index (χ4v) is 4.32. The third kappa shape index (κ3) is 4.05. The molecule has 0 unspecified atom stereocenters. The Morgan fingerprint density at radius 1 is 0.931 bits per heavy atom. The van der Waals surface area contributed by atoms with E-state index in [1.54, 1.807) is 7.11 Å². The first kappa shape index (κ1) is 18.9. The van der Waals surface area contributed by atoms with E-state index in [2.05, 4.69) is 5.32 Å². The third-order valence-corrected chi connectivity index (χ3v) is 5.72. The highest BCUT2D eigenvalue weighted by Gasteiger charge is 2.17. The van der Waals surface area contributed by atoms with Crippen molar-refractivity contribution in [3.63, 3.8) is 0 Å². The molecule has 0 bridgehead atoms. The molecule has 29 heavy (non-hydrogen) atoms. The molecule has 1 heterocycles. The zero-order chi connectivity index (χ0) is 20.2. The highest BCUT2D eigenvalue weighted by atomic mass is 32.1. The number of nitrogens with one attached hydrogen (secondary N) is 1. The standard InChI is InChI=1S/C24H19NO3S/c1-28-18-13-11-17(12-14-18)22-23(27)19-9-5-6-10-20(19)29-24(22)25-21(26)15-16-7-3-2-4-8-16/h2-14H,15H2,1H3,(H,25,26). The second-order valence-electron chi connectivity index (χ2n) is 6.57. The Bertz CT molecular complexity index is 1210. The number of carbonyl (C=O) groups is 1. The minimum atomic E-state index is -0.156. The van der Waals surface area contributed by atoms with Gasteiger partial charge in [0.15, 0.2) is 5.43 Å². The molecule has 0 aliphatic carbocycles. The van der Waals surface area contributed by atoms with Crippen LogP contribution in [0.1, 0.15) is 5.56 Å². The maximum Gasteiger partial charge on any atom is 0.229 e. The summed E-state index contributed by atoms with van der Waals surface area (Å²) in [6, 6.07) is 24.3. The summed E-state index contributed by atoms with van der Waals surface area (Å²) in [4.78, 5) is 26.0. The van der Waals surface area contributed by atoms with E-state index in [-0.39, 0.29) is 17.8 Å². The summed E-state index contributed by atoms with van der Waals surface area (Å²) < 4.78 is 6.06. The number of carbonyl (C=O) groups excluding carboxylic acids is 1. The van der Waals surface area contributed by atoms with E-state index in [4.69, 9.17) is 4.74 Å². The number of ether oxygens (including phenoxy) is 1. The largest absolute Gasteiger partial charge is 0.497 e. The van der Waals surface area contributed by atoms with E-state index in [0.717, 1.165) is 15.8 Å². The molecular weight excluding hydrogens is 382 g/mol. The highest BCUT2D eigenvalue weighted by Crippen LogP contribution is 2.34. The number of benzene rings is 3. The lowest BCUT2D eigenvalue weighted by Crippen LogP contribution is -2.17. The Hall–Kier alpha value is -3.44. The average molecular weight is 401 g/mol. The molecule has 1 N–H and O–H groups in total. The fourth-order valence-electron chi connectivity index (χ4n) is 3.20. The first-order chi connectivity index (χ1) is 14.2. The first-order valence-electron chi connectivity index (χ1n) is 9.20. The molecule has 1 amide bonds. The minimum absolute atomic E-state index is 0.0977. The number of methoxy groups -OCH3 is 1. The number of amides is 1. The van der Waals surface area contributed by atoms with Crippen molar-refractivity contribution in [2.45, 2.75) is 6.42 Å². The Labute approximate surface area is 172 Å². The van der Waals surface area contributed by atoms with Gasteiger partial charge in [0.25, 0.3) is 0 Å². The topological polar surface area (TPSA) is 55.4 Å². The fraction of sp³-hybridized carbons (Fsp3) is 0.0833. The predicted molar refractivity (Wildman–Crippen MR) is 119 cm³/mol. The van der Waals surface area contributed by atoms with Gasteiger partial charge in [-0.1, -0.05) is 54.6 Å². The normalized spacial score (nSPS) is 10.7. The molecule has 0 aliphatic heterocycles. The number of hydrogen-bond donors (Lipinski definition) is 1. The van der Waals surface area contributed by atoms with Gasteiger partial charge in [-0.15, -0.1) is 11.3 Å². The van der Waals surface area contributed by atoms with Gasteiger partial charge in [0.2, 0.25) is 5.91 Å². The molecule has 0 spiro atoms. The van der Waals surface area contributed by atoms with Crippen LogP contribution in [-0.2, 0) is 11.2 Å². The molecule has 144 valence electrons. The van der Waals surface area contributed by atoms with Crippen LogP contribution in [0.15, 0.2) is 83.7 Å². The zero-order valence-electron chi connectivity index (χ0n) is 15.8. The Kier molecular flexibility index (Phi) is 5.40. The molecule has 5 heteroatoms. The molecule has 3 aromatic carbocycles. The summed E-state index contributed by atoms with van der Waals surface area (Å²) in [6.45, 7) is 0. The van der Waals surface area contributed by atoms with Crippen LogP contribution in [-0.4, -0.2) is 13.0 Å². The van der Waals surface area contributed by atoms with Crippen molar-refractivity contribution in [1.29, 1.82) is 0 Å². The van der Waals surface area contributed by atoms with Crippen LogP contribution in [0.2, 0.25) is 0 Å². The number of rotatable bonds is 5. The third-order valence-electron chi connectivity index (χ3n) is 4.64. The average Bonchev–Trinajstić information content (AvgIpc) is 2.75. The van der Waals surface area contributed by atoms with Gasteiger partial charge in [0.1, 0.15) is 10.8 Å². The van der Waals surface area contributed by atoms with Crippen LogP contribution < -0.4 is 15.5 Å². The van der Waals surface area contributed by atoms with Gasteiger partial charge in [-0.3, -0.25) is 9.59 Å². The number of hydrogen-bond acceptors (Lipinski definition) is 4. The lowest BCUT2D eigenvalue weighted by atomic mass is 10.1. The van der Waals surface area contributed by atoms with Gasteiger partial charge >= 0.3 is 0 Å². The maximum absolute atomic E-state index is 13.3. The Morgan fingerprint density at radius 2 is 1.62 bits per heavy atom. The van der Waals surface area contributed by atoms with Crippen molar-refractivity contribution in [2.24, 2.45) is 0 Å². The van der Waals surface area contributed by atoms with E-state index < -0.39 is 0 Å². The van der Waals surface area contributed by atoms with Gasteiger partial charge in [0.05, 0.1) is 19.1 Å². The molecule has 0 fully saturated rings. The summed E-state index contributed by atoms with van der Waals surface area (Å²) in [5.74, 6) is 0.553. The van der Waals surface area contributed by atoms with Gasteiger partial charge in [-0.2, -0.15) is 0 Å². The smallest absolute Gasteiger partial charge is 0.229 e. The van der Waals surface area contributed by atoms with E-state index >= 15 is 0 Å². The van der Waals surface area contributed by atoms with Crippen LogP contribution in [0, 0.1) is 0 Å². The van der Waals surface area contributed by atoms with Crippen molar-refractivity contribution >= 4 is 32.3 Å². The summed E-state index contributed by atoms with van der Waals surface area (Å²) in [6.07, 6.45) is 0.247. The SMILES string of the molecule is COc1ccc(-c2c(NC(=O)Cc3ccccc3)sc3ccccc3c2=O)cc1. The van der Waals surface area contributed by atoms with Crippen LogP contribution in [0.5, 0.6) is 5.75 Å². The van der Waals surface area contributed by atoms with Gasteiger partial charge in [-0.25, -0.2) is 0 Å². The molecule has 0 atom stereocenters. The Balaban J connectivity index is 1.78. The molecule has 4 rings (SSSR count). The summed E-state index contributed by atoms with van der Waals surface area (Å²) in [5.41, 5.74) is 2.06. The van der Waals surface area contributed by atoms with Gasteiger partial charge in [0, 0.05) is 10.1 Å². The Morgan fingerprint density at radius 3 is 2.34 bits per heavy atom. The van der Waals surface area contributed by atoms with E-state index in [1.807, 2.05) is 78.9 Å². The number of fused-ring (bicyclic) bond motifs is 1. The van der Waals surface area contributed by atoms with Crippen LogP contribution in [0.4, 0.5) is 5.00 Å². The van der Waals surface area contributed by atoms with E-state index in [0.29, 0.717) is 21.7 Å². The molecule has 0 saturated heterocycles. The highest BCUT2D eigenvalue weighted by molar-refractivity contribution is 7.22. The first-order valence-corrected chi connectivity index (χ1v) is 10.0.